The number of carbonyl (C=O) groups is 1. The van der Waals surface area contributed by atoms with Gasteiger partial charge in [-0.1, -0.05) is 0 Å². The van der Waals surface area contributed by atoms with Gasteiger partial charge in [-0.25, -0.2) is 0 Å². The number of piperazine rings is 1. The van der Waals surface area contributed by atoms with E-state index in [1.807, 2.05) is 0 Å². The van der Waals surface area contributed by atoms with Crippen LogP contribution in [0, 0.1) is 5.92 Å². The molecule has 1 amide bonds. The fourth-order valence-corrected chi connectivity index (χ4v) is 3.89. The first kappa shape index (κ1) is 14.3. The molecule has 3 saturated heterocycles. The van der Waals surface area contributed by atoms with Gasteiger partial charge >= 0.3 is 0 Å². The molecule has 0 aliphatic carbocycles. The van der Waals surface area contributed by atoms with Crippen LogP contribution in [-0.4, -0.2) is 74.1 Å². The van der Waals surface area contributed by atoms with E-state index in [0.717, 1.165) is 25.6 Å². The van der Waals surface area contributed by atoms with Crippen LogP contribution in [0.4, 0.5) is 0 Å². The Labute approximate surface area is 122 Å². The van der Waals surface area contributed by atoms with E-state index in [0.29, 0.717) is 18.5 Å². The van der Waals surface area contributed by atoms with Crippen molar-refractivity contribution in [3.8, 4) is 0 Å². The Morgan fingerprint density at radius 3 is 2.70 bits per heavy atom. The summed E-state index contributed by atoms with van der Waals surface area (Å²) in [7, 11) is 0. The number of amides is 1. The summed E-state index contributed by atoms with van der Waals surface area (Å²) in [5, 5.41) is 6.61. The van der Waals surface area contributed by atoms with E-state index in [9.17, 15) is 4.79 Å². The Balaban J connectivity index is 1.51. The summed E-state index contributed by atoms with van der Waals surface area (Å²) in [6.45, 7) is 8.29. The molecule has 0 aromatic carbocycles. The molecular formula is C15H28N4O. The first-order valence-electron chi connectivity index (χ1n) is 8.26. The summed E-state index contributed by atoms with van der Waals surface area (Å²) in [6, 6.07) is 0.458. The van der Waals surface area contributed by atoms with E-state index >= 15 is 0 Å². The summed E-state index contributed by atoms with van der Waals surface area (Å²) >= 11 is 0. The van der Waals surface area contributed by atoms with Crippen molar-refractivity contribution in [1.29, 1.82) is 0 Å². The largest absolute Gasteiger partial charge is 0.336 e. The standard InChI is InChI=1S/C15H28N4O/c20-15-10-17-7-9-19(15)14-2-1-8-18(12-14)11-13-3-5-16-6-4-13/h13-14,16-17H,1-12H2. The molecular weight excluding hydrogens is 252 g/mol. The van der Waals surface area contributed by atoms with E-state index in [2.05, 4.69) is 20.4 Å². The summed E-state index contributed by atoms with van der Waals surface area (Å²) in [6.07, 6.45) is 5.06. The molecule has 1 unspecified atom stereocenters. The highest BCUT2D eigenvalue weighted by Crippen LogP contribution is 2.20. The Kier molecular flexibility index (Phi) is 4.91. The lowest BCUT2D eigenvalue weighted by atomic mass is 9.95. The maximum absolute atomic E-state index is 12.0. The molecule has 5 nitrogen and oxygen atoms in total. The van der Waals surface area contributed by atoms with Gasteiger partial charge in [0.25, 0.3) is 0 Å². The smallest absolute Gasteiger partial charge is 0.236 e. The second-order valence-corrected chi connectivity index (χ2v) is 6.51. The van der Waals surface area contributed by atoms with Crippen LogP contribution in [0.2, 0.25) is 0 Å². The van der Waals surface area contributed by atoms with Gasteiger partial charge in [0.1, 0.15) is 0 Å². The third-order valence-electron chi connectivity index (χ3n) is 5.02. The van der Waals surface area contributed by atoms with Gasteiger partial charge in [0, 0.05) is 32.2 Å². The number of rotatable bonds is 3. The maximum atomic E-state index is 12.0. The molecule has 0 aromatic heterocycles. The van der Waals surface area contributed by atoms with Gasteiger partial charge in [-0.2, -0.15) is 0 Å². The highest BCUT2D eigenvalue weighted by atomic mass is 16.2. The van der Waals surface area contributed by atoms with Gasteiger partial charge in [0.15, 0.2) is 0 Å². The minimum absolute atomic E-state index is 0.296. The number of carbonyl (C=O) groups excluding carboxylic acids is 1. The third kappa shape index (κ3) is 3.51. The van der Waals surface area contributed by atoms with Gasteiger partial charge in [-0.05, 0) is 51.2 Å². The monoisotopic (exact) mass is 280 g/mol. The fourth-order valence-electron chi connectivity index (χ4n) is 3.89. The summed E-state index contributed by atoms with van der Waals surface area (Å²) in [4.78, 5) is 16.8. The van der Waals surface area contributed by atoms with Crippen LogP contribution in [0.15, 0.2) is 0 Å². The van der Waals surface area contributed by atoms with Gasteiger partial charge in [0.2, 0.25) is 5.91 Å². The molecule has 5 heteroatoms. The van der Waals surface area contributed by atoms with Gasteiger partial charge < -0.3 is 20.4 Å². The number of likely N-dealkylation sites (tertiary alicyclic amines) is 1. The van der Waals surface area contributed by atoms with Gasteiger partial charge in [-0.3, -0.25) is 4.79 Å². The quantitative estimate of drug-likeness (QED) is 0.757. The van der Waals surface area contributed by atoms with Crippen molar-refractivity contribution in [2.75, 3.05) is 52.4 Å². The Morgan fingerprint density at radius 2 is 1.90 bits per heavy atom. The van der Waals surface area contributed by atoms with Crippen molar-refractivity contribution in [2.45, 2.75) is 31.7 Å². The van der Waals surface area contributed by atoms with Crippen molar-refractivity contribution >= 4 is 5.91 Å². The van der Waals surface area contributed by atoms with Crippen LogP contribution in [0.1, 0.15) is 25.7 Å². The topological polar surface area (TPSA) is 47.6 Å². The van der Waals surface area contributed by atoms with Crippen molar-refractivity contribution in [3.05, 3.63) is 0 Å². The Bertz CT molecular complexity index is 330. The molecule has 0 bridgehead atoms. The lowest BCUT2D eigenvalue weighted by molar-refractivity contribution is -0.135. The van der Waals surface area contributed by atoms with E-state index in [4.69, 9.17) is 0 Å². The molecule has 3 heterocycles. The normalized spacial score (nSPS) is 30.7. The average molecular weight is 280 g/mol. The second-order valence-electron chi connectivity index (χ2n) is 6.51. The third-order valence-corrected chi connectivity index (χ3v) is 5.02. The summed E-state index contributed by atoms with van der Waals surface area (Å²) in [5.41, 5.74) is 0. The maximum Gasteiger partial charge on any atom is 0.236 e. The number of nitrogens with zero attached hydrogens (tertiary/aromatic N) is 2. The molecule has 0 spiro atoms. The first-order chi connectivity index (χ1) is 9.83. The number of hydrogen-bond donors (Lipinski definition) is 2. The zero-order chi connectivity index (χ0) is 13.8. The van der Waals surface area contributed by atoms with E-state index < -0.39 is 0 Å². The molecule has 20 heavy (non-hydrogen) atoms. The van der Waals surface area contributed by atoms with E-state index in [1.165, 1.54) is 51.9 Å². The predicted octanol–water partition coefficient (Wildman–Crippen LogP) is -0.118. The van der Waals surface area contributed by atoms with Crippen molar-refractivity contribution in [2.24, 2.45) is 5.92 Å². The van der Waals surface area contributed by atoms with Crippen LogP contribution in [0.3, 0.4) is 0 Å². The lowest BCUT2D eigenvalue weighted by Gasteiger charge is -2.42. The zero-order valence-corrected chi connectivity index (χ0v) is 12.4. The van der Waals surface area contributed by atoms with Crippen LogP contribution in [-0.2, 0) is 4.79 Å². The number of piperidine rings is 2. The molecule has 3 aliphatic heterocycles. The van der Waals surface area contributed by atoms with Crippen molar-refractivity contribution in [3.63, 3.8) is 0 Å². The number of hydrogen-bond acceptors (Lipinski definition) is 4. The summed E-state index contributed by atoms with van der Waals surface area (Å²) in [5.74, 6) is 1.15. The minimum atomic E-state index is 0.296. The lowest BCUT2D eigenvalue weighted by Crippen LogP contribution is -2.57. The minimum Gasteiger partial charge on any atom is -0.336 e. The molecule has 3 fully saturated rings. The number of nitrogens with one attached hydrogen (secondary N) is 2. The van der Waals surface area contributed by atoms with E-state index in [1.54, 1.807) is 0 Å². The van der Waals surface area contributed by atoms with Crippen LogP contribution < -0.4 is 10.6 Å². The highest BCUT2D eigenvalue weighted by Gasteiger charge is 2.30. The Hall–Kier alpha value is -0.650. The van der Waals surface area contributed by atoms with Gasteiger partial charge in [0.05, 0.1) is 6.54 Å². The molecule has 0 radical (unpaired) electrons. The molecule has 114 valence electrons. The highest BCUT2D eigenvalue weighted by molar-refractivity contribution is 5.79. The molecule has 0 aromatic rings. The van der Waals surface area contributed by atoms with E-state index in [-0.39, 0.29) is 0 Å². The molecule has 3 rings (SSSR count). The Morgan fingerprint density at radius 1 is 1.05 bits per heavy atom. The van der Waals surface area contributed by atoms with Crippen LogP contribution in [0.5, 0.6) is 0 Å². The SMILES string of the molecule is O=C1CNCCN1C1CCCN(CC2CCNCC2)C1. The molecule has 0 saturated carbocycles. The average Bonchev–Trinajstić information content (AvgIpc) is 2.49. The summed E-state index contributed by atoms with van der Waals surface area (Å²) < 4.78 is 0. The van der Waals surface area contributed by atoms with Crippen LogP contribution >= 0.6 is 0 Å². The first-order valence-corrected chi connectivity index (χ1v) is 8.26. The zero-order valence-electron chi connectivity index (χ0n) is 12.4. The van der Waals surface area contributed by atoms with Crippen molar-refractivity contribution < 1.29 is 4.79 Å². The molecule has 3 aliphatic rings. The predicted molar refractivity (Wildman–Crippen MR) is 79.6 cm³/mol. The molecule has 2 N–H and O–H groups in total. The van der Waals surface area contributed by atoms with Gasteiger partial charge in [-0.15, -0.1) is 0 Å². The van der Waals surface area contributed by atoms with Crippen molar-refractivity contribution in [1.82, 2.24) is 20.4 Å². The second kappa shape index (κ2) is 6.87. The molecule has 1 atom stereocenters. The fraction of sp³-hybridized carbons (Fsp3) is 0.933. The van der Waals surface area contributed by atoms with Crippen LogP contribution in [0.25, 0.3) is 0 Å².